The first kappa shape index (κ1) is 18.8. The minimum Gasteiger partial charge on any atom is -0.493 e. The third-order valence-corrected chi connectivity index (χ3v) is 6.07. The molecule has 0 spiro atoms. The molecule has 0 aliphatic rings. The molecule has 0 radical (unpaired) electrons. The van der Waals surface area contributed by atoms with Crippen LogP contribution in [0.4, 0.5) is 0 Å². The van der Waals surface area contributed by atoms with E-state index >= 15 is 0 Å². The number of fused-ring (bicyclic) bond motifs is 1. The van der Waals surface area contributed by atoms with Gasteiger partial charge in [0, 0.05) is 16.7 Å². The average molecular weight is 409 g/mol. The maximum absolute atomic E-state index is 12.7. The highest BCUT2D eigenvalue weighted by molar-refractivity contribution is 7.99. The zero-order chi connectivity index (χ0) is 19.5. The number of benzene rings is 2. The summed E-state index contributed by atoms with van der Waals surface area (Å²) in [4.78, 5) is 21.0. The molecule has 4 nitrogen and oxygen atoms in total. The number of nitrogens with zero attached hydrogens (tertiary/aromatic N) is 1. The molecule has 6 heteroatoms. The quantitative estimate of drug-likeness (QED) is 0.262. The number of nitrogens with one attached hydrogen (secondary N) is 1. The van der Waals surface area contributed by atoms with Crippen molar-refractivity contribution < 1.29 is 4.74 Å². The van der Waals surface area contributed by atoms with E-state index in [1.54, 1.807) is 0 Å². The maximum atomic E-state index is 12.7. The SMILES string of the molecule is Cc1ccc(-c2csc3nc(SCCOc4cccc(C)c4)[nH]c(=O)c23)cc1. The summed E-state index contributed by atoms with van der Waals surface area (Å²) in [5.74, 6) is 1.57. The lowest BCUT2D eigenvalue weighted by Crippen LogP contribution is -2.09. The predicted molar refractivity (Wildman–Crippen MR) is 118 cm³/mol. The Kier molecular flexibility index (Phi) is 5.50. The number of thioether (sulfide) groups is 1. The van der Waals surface area contributed by atoms with E-state index in [-0.39, 0.29) is 5.56 Å². The van der Waals surface area contributed by atoms with Crippen LogP contribution in [0, 0.1) is 13.8 Å². The second-order valence-electron chi connectivity index (χ2n) is 6.58. The number of aryl methyl sites for hydroxylation is 2. The van der Waals surface area contributed by atoms with Crippen LogP contribution >= 0.6 is 23.1 Å². The first-order chi connectivity index (χ1) is 13.6. The number of H-pyrrole nitrogens is 1. The summed E-state index contributed by atoms with van der Waals surface area (Å²) in [5.41, 5.74) is 4.25. The first-order valence-corrected chi connectivity index (χ1v) is 10.9. The summed E-state index contributed by atoms with van der Waals surface area (Å²) in [6.45, 7) is 4.64. The van der Waals surface area contributed by atoms with E-state index in [1.807, 2.05) is 48.7 Å². The lowest BCUT2D eigenvalue weighted by atomic mass is 10.1. The molecule has 1 N–H and O–H groups in total. The molecule has 0 unspecified atom stereocenters. The fourth-order valence-electron chi connectivity index (χ4n) is 2.95. The molecule has 2 heterocycles. The molecule has 28 heavy (non-hydrogen) atoms. The molecule has 4 rings (SSSR count). The molecule has 0 saturated heterocycles. The van der Waals surface area contributed by atoms with Crippen LogP contribution < -0.4 is 10.3 Å². The van der Waals surface area contributed by atoms with Crippen LogP contribution in [-0.4, -0.2) is 22.3 Å². The normalized spacial score (nSPS) is 11.1. The van der Waals surface area contributed by atoms with Gasteiger partial charge in [-0.25, -0.2) is 4.98 Å². The highest BCUT2D eigenvalue weighted by atomic mass is 32.2. The highest BCUT2D eigenvalue weighted by Gasteiger charge is 2.13. The van der Waals surface area contributed by atoms with E-state index in [0.29, 0.717) is 22.9 Å². The Morgan fingerprint density at radius 3 is 2.71 bits per heavy atom. The van der Waals surface area contributed by atoms with E-state index in [4.69, 9.17) is 4.74 Å². The molecule has 0 aliphatic heterocycles. The van der Waals surface area contributed by atoms with Gasteiger partial charge in [-0.3, -0.25) is 4.79 Å². The van der Waals surface area contributed by atoms with Gasteiger partial charge in [0.25, 0.3) is 5.56 Å². The summed E-state index contributed by atoms with van der Waals surface area (Å²) in [6, 6.07) is 16.2. The van der Waals surface area contributed by atoms with Crippen LogP contribution in [0.2, 0.25) is 0 Å². The lowest BCUT2D eigenvalue weighted by Gasteiger charge is -2.06. The molecule has 142 valence electrons. The van der Waals surface area contributed by atoms with Crippen LogP contribution in [0.3, 0.4) is 0 Å². The largest absolute Gasteiger partial charge is 0.493 e. The second-order valence-corrected chi connectivity index (χ2v) is 8.52. The molecule has 0 aliphatic carbocycles. The molecule has 0 amide bonds. The van der Waals surface area contributed by atoms with Crippen molar-refractivity contribution in [3.05, 3.63) is 75.4 Å². The summed E-state index contributed by atoms with van der Waals surface area (Å²) >= 11 is 3.00. The molecule has 4 aromatic rings. The highest BCUT2D eigenvalue weighted by Crippen LogP contribution is 2.31. The predicted octanol–water partition coefficient (Wildman–Crippen LogP) is 5.44. The van der Waals surface area contributed by atoms with E-state index in [1.165, 1.54) is 34.2 Å². The fourth-order valence-corrected chi connectivity index (χ4v) is 4.63. The van der Waals surface area contributed by atoms with E-state index in [9.17, 15) is 4.79 Å². The Bertz CT molecular complexity index is 1160. The van der Waals surface area contributed by atoms with E-state index < -0.39 is 0 Å². The minimum absolute atomic E-state index is 0.0936. The number of ether oxygens (including phenoxy) is 1. The van der Waals surface area contributed by atoms with Gasteiger partial charge in [0.05, 0.1) is 12.0 Å². The van der Waals surface area contributed by atoms with Crippen molar-refractivity contribution in [1.29, 1.82) is 0 Å². The molecule has 0 saturated carbocycles. The molecule has 0 atom stereocenters. The van der Waals surface area contributed by atoms with Crippen LogP contribution in [0.5, 0.6) is 5.75 Å². The van der Waals surface area contributed by atoms with Gasteiger partial charge in [0.1, 0.15) is 10.6 Å². The van der Waals surface area contributed by atoms with Crippen LogP contribution in [0.25, 0.3) is 21.3 Å². The van der Waals surface area contributed by atoms with Gasteiger partial charge in [0.2, 0.25) is 0 Å². The standard InChI is InChI=1S/C22H20N2O2S2/c1-14-6-8-16(9-7-14)18-13-28-21-19(18)20(25)23-22(24-21)27-11-10-26-17-5-3-4-15(2)12-17/h3-9,12-13H,10-11H2,1-2H3,(H,23,24,25). The van der Waals surface area contributed by atoms with Crippen molar-refractivity contribution in [2.75, 3.05) is 12.4 Å². The molecular formula is C22H20N2O2S2. The lowest BCUT2D eigenvalue weighted by molar-refractivity contribution is 0.343. The molecule has 2 aromatic heterocycles. The zero-order valence-corrected chi connectivity index (χ0v) is 17.3. The van der Waals surface area contributed by atoms with Gasteiger partial charge < -0.3 is 9.72 Å². The smallest absolute Gasteiger partial charge is 0.260 e. The van der Waals surface area contributed by atoms with E-state index in [0.717, 1.165) is 21.7 Å². The molecular weight excluding hydrogens is 388 g/mol. The van der Waals surface area contributed by atoms with Gasteiger partial charge in [-0.2, -0.15) is 0 Å². The summed E-state index contributed by atoms with van der Waals surface area (Å²) in [6.07, 6.45) is 0. The van der Waals surface area contributed by atoms with Gasteiger partial charge in [-0.1, -0.05) is 53.7 Å². The van der Waals surface area contributed by atoms with Crippen molar-refractivity contribution >= 4 is 33.3 Å². The molecule has 2 aromatic carbocycles. The van der Waals surface area contributed by atoms with Gasteiger partial charge in [-0.05, 0) is 37.1 Å². The number of aromatic amines is 1. The Balaban J connectivity index is 1.47. The van der Waals surface area contributed by atoms with Gasteiger partial charge >= 0.3 is 0 Å². The van der Waals surface area contributed by atoms with Crippen LogP contribution in [-0.2, 0) is 0 Å². The Labute approximate surface area is 171 Å². The van der Waals surface area contributed by atoms with Crippen molar-refractivity contribution in [1.82, 2.24) is 9.97 Å². The first-order valence-electron chi connectivity index (χ1n) is 9.01. The van der Waals surface area contributed by atoms with Crippen molar-refractivity contribution in [2.45, 2.75) is 19.0 Å². The second kappa shape index (κ2) is 8.20. The monoisotopic (exact) mass is 408 g/mol. The van der Waals surface area contributed by atoms with Crippen LogP contribution in [0.1, 0.15) is 11.1 Å². The summed E-state index contributed by atoms with van der Waals surface area (Å²) in [7, 11) is 0. The number of aromatic nitrogens is 2. The average Bonchev–Trinajstić information content (AvgIpc) is 3.10. The molecule has 0 bridgehead atoms. The Hall–Kier alpha value is -2.57. The summed E-state index contributed by atoms with van der Waals surface area (Å²) in [5, 5.41) is 3.30. The number of rotatable bonds is 6. The number of hydrogen-bond donors (Lipinski definition) is 1. The Morgan fingerprint density at radius 2 is 1.93 bits per heavy atom. The Morgan fingerprint density at radius 1 is 1.11 bits per heavy atom. The minimum atomic E-state index is -0.0936. The summed E-state index contributed by atoms with van der Waals surface area (Å²) < 4.78 is 5.76. The van der Waals surface area contributed by atoms with Crippen molar-refractivity contribution in [3.8, 4) is 16.9 Å². The maximum Gasteiger partial charge on any atom is 0.260 e. The zero-order valence-electron chi connectivity index (χ0n) is 15.7. The number of thiophene rings is 1. The topological polar surface area (TPSA) is 55.0 Å². The van der Waals surface area contributed by atoms with Crippen molar-refractivity contribution in [2.24, 2.45) is 0 Å². The fraction of sp³-hybridized carbons (Fsp3) is 0.182. The van der Waals surface area contributed by atoms with Crippen molar-refractivity contribution in [3.63, 3.8) is 0 Å². The molecule has 0 fully saturated rings. The third-order valence-electron chi connectivity index (χ3n) is 4.37. The number of hydrogen-bond acceptors (Lipinski definition) is 5. The van der Waals surface area contributed by atoms with E-state index in [2.05, 4.69) is 29.0 Å². The van der Waals surface area contributed by atoms with Gasteiger partial charge in [-0.15, -0.1) is 11.3 Å². The third kappa shape index (κ3) is 4.13. The van der Waals surface area contributed by atoms with Crippen LogP contribution in [0.15, 0.2) is 63.9 Å². The van der Waals surface area contributed by atoms with Gasteiger partial charge in [0.15, 0.2) is 5.16 Å².